The number of amides is 1. The number of ether oxygens (including phenoxy) is 2. The van der Waals surface area contributed by atoms with Crippen LogP contribution in [0.5, 0.6) is 5.75 Å². The summed E-state index contributed by atoms with van der Waals surface area (Å²) in [5.41, 5.74) is 1.98. The molecule has 2 aromatic carbocycles. The van der Waals surface area contributed by atoms with Crippen molar-refractivity contribution >= 4 is 6.09 Å². The predicted octanol–water partition coefficient (Wildman–Crippen LogP) is 3.49. The summed E-state index contributed by atoms with van der Waals surface area (Å²) in [6.45, 7) is 5.26. The molecule has 1 amide bonds. The van der Waals surface area contributed by atoms with E-state index in [-0.39, 0.29) is 6.61 Å². The van der Waals surface area contributed by atoms with Crippen LogP contribution < -0.4 is 15.4 Å². The number of hydrogen-bond acceptors (Lipinski definition) is 5. The number of aliphatic hydroxyl groups excluding tert-OH is 1. The average Bonchev–Trinajstić information content (AvgIpc) is 2.72. The van der Waals surface area contributed by atoms with Crippen LogP contribution in [0.4, 0.5) is 4.79 Å². The average molecular weight is 401 g/mol. The van der Waals surface area contributed by atoms with Gasteiger partial charge in [0.2, 0.25) is 0 Å². The van der Waals surface area contributed by atoms with E-state index in [1.54, 1.807) is 7.11 Å². The molecule has 0 spiro atoms. The van der Waals surface area contributed by atoms with Gasteiger partial charge in [-0.05, 0) is 35.6 Å². The van der Waals surface area contributed by atoms with E-state index in [1.165, 1.54) is 0 Å². The molecule has 0 aliphatic carbocycles. The number of rotatable bonds is 11. The second-order valence-corrected chi connectivity index (χ2v) is 7.49. The van der Waals surface area contributed by atoms with E-state index in [0.29, 0.717) is 25.4 Å². The molecular formula is C23H32N2O4. The van der Waals surface area contributed by atoms with E-state index in [1.807, 2.05) is 54.6 Å². The Hall–Kier alpha value is -2.57. The zero-order valence-electron chi connectivity index (χ0n) is 17.4. The number of alkyl carbamates (subject to hydrolysis) is 1. The molecule has 0 aliphatic rings. The number of aliphatic hydroxyl groups is 1. The first-order valence-corrected chi connectivity index (χ1v) is 9.97. The van der Waals surface area contributed by atoms with Crippen molar-refractivity contribution in [2.24, 2.45) is 5.92 Å². The van der Waals surface area contributed by atoms with Gasteiger partial charge in [-0.1, -0.05) is 56.3 Å². The molecule has 6 heteroatoms. The zero-order valence-corrected chi connectivity index (χ0v) is 17.4. The van der Waals surface area contributed by atoms with Crippen molar-refractivity contribution in [3.63, 3.8) is 0 Å². The van der Waals surface area contributed by atoms with Crippen LogP contribution in [-0.2, 0) is 17.9 Å². The van der Waals surface area contributed by atoms with Gasteiger partial charge in [0.1, 0.15) is 12.4 Å². The number of carbonyl (C=O) groups excluding carboxylic acids is 1. The van der Waals surface area contributed by atoms with Gasteiger partial charge in [-0.15, -0.1) is 0 Å². The van der Waals surface area contributed by atoms with Crippen molar-refractivity contribution < 1.29 is 19.4 Å². The minimum Gasteiger partial charge on any atom is -0.497 e. The van der Waals surface area contributed by atoms with Crippen molar-refractivity contribution in [3.8, 4) is 5.75 Å². The van der Waals surface area contributed by atoms with Gasteiger partial charge >= 0.3 is 6.09 Å². The Morgan fingerprint density at radius 3 is 2.48 bits per heavy atom. The van der Waals surface area contributed by atoms with Crippen LogP contribution in [-0.4, -0.2) is 37.0 Å². The first-order valence-electron chi connectivity index (χ1n) is 9.97. The Bertz CT molecular complexity index is 737. The second-order valence-electron chi connectivity index (χ2n) is 7.49. The third-order valence-electron chi connectivity index (χ3n) is 4.52. The van der Waals surface area contributed by atoms with E-state index >= 15 is 0 Å². The summed E-state index contributed by atoms with van der Waals surface area (Å²) in [5, 5.41) is 16.7. The first-order chi connectivity index (χ1) is 14.0. The molecule has 3 N–H and O–H groups in total. The molecule has 158 valence electrons. The van der Waals surface area contributed by atoms with Gasteiger partial charge in [0.25, 0.3) is 0 Å². The molecule has 0 fully saturated rings. The number of hydrogen-bond donors (Lipinski definition) is 3. The third-order valence-corrected chi connectivity index (χ3v) is 4.52. The van der Waals surface area contributed by atoms with E-state index < -0.39 is 18.2 Å². The summed E-state index contributed by atoms with van der Waals surface area (Å²) in [6, 6.07) is 16.9. The molecule has 2 atom stereocenters. The normalized spacial score (nSPS) is 13.0. The molecule has 2 rings (SSSR count). The topological polar surface area (TPSA) is 79.8 Å². The Morgan fingerprint density at radius 1 is 1.07 bits per heavy atom. The van der Waals surface area contributed by atoms with Crippen LogP contribution in [0, 0.1) is 5.92 Å². The van der Waals surface area contributed by atoms with Crippen molar-refractivity contribution in [1.82, 2.24) is 10.6 Å². The maximum atomic E-state index is 12.2. The molecule has 0 unspecified atom stereocenters. The fraction of sp³-hybridized carbons (Fsp3) is 0.435. The van der Waals surface area contributed by atoms with Crippen LogP contribution in [0.15, 0.2) is 54.6 Å². The van der Waals surface area contributed by atoms with Crippen molar-refractivity contribution in [3.05, 3.63) is 65.7 Å². The summed E-state index contributed by atoms with van der Waals surface area (Å²) >= 11 is 0. The van der Waals surface area contributed by atoms with Crippen LogP contribution >= 0.6 is 0 Å². The lowest BCUT2D eigenvalue weighted by Gasteiger charge is -2.26. The third kappa shape index (κ3) is 8.54. The molecule has 0 heterocycles. The van der Waals surface area contributed by atoms with E-state index in [9.17, 15) is 9.90 Å². The first kappa shape index (κ1) is 22.7. The number of nitrogens with one attached hydrogen (secondary N) is 2. The van der Waals surface area contributed by atoms with Crippen molar-refractivity contribution in [1.29, 1.82) is 0 Å². The van der Waals surface area contributed by atoms with Gasteiger partial charge in [0.05, 0.1) is 19.3 Å². The number of carbonyl (C=O) groups is 1. The maximum Gasteiger partial charge on any atom is 0.407 e. The van der Waals surface area contributed by atoms with Gasteiger partial charge in [0.15, 0.2) is 0 Å². The summed E-state index contributed by atoms with van der Waals surface area (Å²) < 4.78 is 10.5. The molecule has 0 aliphatic heterocycles. The van der Waals surface area contributed by atoms with Gasteiger partial charge in [-0.3, -0.25) is 0 Å². The number of benzene rings is 2. The standard InChI is InChI=1S/C23H32N2O4/c1-17(2)12-21(25-23(27)29-16-18-8-5-4-6-9-18)22(26)15-24-14-19-10-7-11-20(13-19)28-3/h4-11,13,17,21-22,24,26H,12,14-16H2,1-3H3,(H,25,27)/t21-,22+/m0/s1. The lowest BCUT2D eigenvalue weighted by molar-refractivity contribution is 0.0935. The van der Waals surface area contributed by atoms with Crippen LogP contribution in [0.3, 0.4) is 0 Å². The Labute approximate surface area is 173 Å². The van der Waals surface area contributed by atoms with Crippen molar-refractivity contribution in [2.45, 2.75) is 45.6 Å². The fourth-order valence-corrected chi connectivity index (χ4v) is 3.03. The SMILES string of the molecule is COc1cccc(CNC[C@@H](O)[C@H](CC(C)C)NC(=O)OCc2ccccc2)c1. The van der Waals surface area contributed by atoms with Crippen molar-refractivity contribution in [2.75, 3.05) is 13.7 Å². The lowest BCUT2D eigenvalue weighted by atomic mass is 9.99. The highest BCUT2D eigenvalue weighted by Gasteiger charge is 2.23. The molecule has 29 heavy (non-hydrogen) atoms. The molecular weight excluding hydrogens is 368 g/mol. The minimum atomic E-state index is -0.729. The summed E-state index contributed by atoms with van der Waals surface area (Å²) in [6.07, 6.45) is -0.596. The second kappa shape index (κ2) is 12.1. The van der Waals surface area contributed by atoms with Gasteiger partial charge in [-0.2, -0.15) is 0 Å². The van der Waals surface area contributed by atoms with Gasteiger partial charge in [-0.25, -0.2) is 4.79 Å². The molecule has 0 saturated carbocycles. The smallest absolute Gasteiger partial charge is 0.407 e. The monoisotopic (exact) mass is 400 g/mol. The molecule has 0 saturated heterocycles. The Kier molecular flexibility index (Phi) is 9.47. The van der Waals surface area contributed by atoms with Gasteiger partial charge < -0.3 is 25.2 Å². The maximum absolute atomic E-state index is 12.2. The fourth-order valence-electron chi connectivity index (χ4n) is 3.03. The highest BCUT2D eigenvalue weighted by molar-refractivity contribution is 5.67. The van der Waals surface area contributed by atoms with Crippen LogP contribution in [0.1, 0.15) is 31.4 Å². The molecule has 2 aromatic rings. The number of methoxy groups -OCH3 is 1. The molecule has 0 radical (unpaired) electrons. The summed E-state index contributed by atoms with van der Waals surface area (Å²) in [4.78, 5) is 12.2. The Morgan fingerprint density at radius 2 is 1.79 bits per heavy atom. The summed E-state index contributed by atoms with van der Waals surface area (Å²) in [7, 11) is 1.63. The zero-order chi connectivity index (χ0) is 21.1. The van der Waals surface area contributed by atoms with E-state index in [2.05, 4.69) is 24.5 Å². The lowest BCUT2D eigenvalue weighted by Crippen LogP contribution is -2.48. The molecule has 0 aromatic heterocycles. The van der Waals surface area contributed by atoms with E-state index in [4.69, 9.17) is 9.47 Å². The Balaban J connectivity index is 1.82. The largest absolute Gasteiger partial charge is 0.497 e. The van der Waals surface area contributed by atoms with E-state index in [0.717, 1.165) is 16.9 Å². The van der Waals surface area contributed by atoms with Crippen LogP contribution in [0.2, 0.25) is 0 Å². The molecule has 6 nitrogen and oxygen atoms in total. The van der Waals surface area contributed by atoms with Crippen LogP contribution in [0.25, 0.3) is 0 Å². The minimum absolute atomic E-state index is 0.200. The molecule has 0 bridgehead atoms. The van der Waals surface area contributed by atoms with Gasteiger partial charge in [0, 0.05) is 13.1 Å². The summed E-state index contributed by atoms with van der Waals surface area (Å²) in [5.74, 6) is 1.12. The predicted molar refractivity (Wildman–Crippen MR) is 114 cm³/mol. The highest BCUT2D eigenvalue weighted by atomic mass is 16.5. The quantitative estimate of drug-likeness (QED) is 0.538. The highest BCUT2D eigenvalue weighted by Crippen LogP contribution is 2.13.